The van der Waals surface area contributed by atoms with Crippen molar-refractivity contribution in [2.24, 2.45) is 10.4 Å². The molecule has 2 nitrogen and oxygen atoms in total. The highest BCUT2D eigenvalue weighted by atomic mass is 32.2. The second kappa shape index (κ2) is 5.78. The molecule has 0 amide bonds. The summed E-state index contributed by atoms with van der Waals surface area (Å²) in [4.78, 5) is 4.64. The van der Waals surface area contributed by atoms with Gasteiger partial charge in [0.05, 0.1) is 0 Å². The number of nitrogens with zero attached hydrogens (tertiary/aromatic N) is 1. The molecule has 0 aromatic heterocycles. The SMILES string of the molecule is CCC1CCSC(=NCCC(C)(C)C)N1. The summed E-state index contributed by atoms with van der Waals surface area (Å²) in [6, 6.07) is 0.652. The number of hydrogen-bond donors (Lipinski definition) is 1. The average molecular weight is 228 g/mol. The van der Waals surface area contributed by atoms with Gasteiger partial charge in [0, 0.05) is 18.3 Å². The molecule has 0 spiro atoms. The van der Waals surface area contributed by atoms with Gasteiger partial charge in [0.25, 0.3) is 0 Å². The van der Waals surface area contributed by atoms with E-state index >= 15 is 0 Å². The number of hydrogen-bond acceptors (Lipinski definition) is 2. The van der Waals surface area contributed by atoms with Crippen molar-refractivity contribution in [3.63, 3.8) is 0 Å². The molecule has 1 fully saturated rings. The smallest absolute Gasteiger partial charge is 0.156 e. The molecule has 0 bridgehead atoms. The van der Waals surface area contributed by atoms with E-state index in [2.05, 4.69) is 38.0 Å². The van der Waals surface area contributed by atoms with Crippen molar-refractivity contribution >= 4 is 16.9 Å². The Morgan fingerprint density at radius 2 is 2.20 bits per heavy atom. The molecule has 1 saturated heterocycles. The Morgan fingerprint density at radius 3 is 2.80 bits per heavy atom. The predicted octanol–water partition coefficient (Wildman–Crippen LogP) is 3.28. The first-order chi connectivity index (χ1) is 7.01. The molecule has 88 valence electrons. The minimum atomic E-state index is 0.396. The Kier molecular flexibility index (Phi) is 4.97. The van der Waals surface area contributed by atoms with Crippen molar-refractivity contribution in [2.75, 3.05) is 12.3 Å². The van der Waals surface area contributed by atoms with Crippen LogP contribution in [0.3, 0.4) is 0 Å². The van der Waals surface area contributed by atoms with Gasteiger partial charge in [0.1, 0.15) is 0 Å². The number of rotatable bonds is 3. The van der Waals surface area contributed by atoms with Crippen LogP contribution in [-0.2, 0) is 0 Å². The molecule has 1 N–H and O–H groups in total. The van der Waals surface area contributed by atoms with Crippen LogP contribution < -0.4 is 5.32 Å². The fourth-order valence-corrected chi connectivity index (χ4v) is 2.50. The average Bonchev–Trinajstić information content (AvgIpc) is 2.16. The Balaban J connectivity index is 2.32. The topological polar surface area (TPSA) is 24.4 Å². The lowest BCUT2D eigenvalue weighted by Crippen LogP contribution is -2.37. The summed E-state index contributed by atoms with van der Waals surface area (Å²) in [7, 11) is 0. The summed E-state index contributed by atoms with van der Waals surface area (Å²) < 4.78 is 0. The van der Waals surface area contributed by atoms with Crippen LogP contribution >= 0.6 is 11.8 Å². The maximum Gasteiger partial charge on any atom is 0.156 e. The molecule has 0 aromatic carbocycles. The molecule has 3 heteroatoms. The number of thioether (sulfide) groups is 1. The van der Waals surface area contributed by atoms with Gasteiger partial charge in [-0.25, -0.2) is 0 Å². The highest BCUT2D eigenvalue weighted by molar-refractivity contribution is 8.13. The maximum atomic E-state index is 4.64. The van der Waals surface area contributed by atoms with Crippen LogP contribution in [0, 0.1) is 5.41 Å². The summed E-state index contributed by atoms with van der Waals surface area (Å²) in [5.74, 6) is 1.22. The first kappa shape index (κ1) is 12.9. The van der Waals surface area contributed by atoms with Gasteiger partial charge in [-0.2, -0.15) is 0 Å². The zero-order valence-corrected chi connectivity index (χ0v) is 11.3. The summed E-state index contributed by atoms with van der Waals surface area (Å²) in [5, 5.41) is 4.67. The van der Waals surface area contributed by atoms with Crippen LogP contribution in [0.4, 0.5) is 0 Å². The van der Waals surface area contributed by atoms with Crippen molar-refractivity contribution in [3.05, 3.63) is 0 Å². The van der Waals surface area contributed by atoms with E-state index < -0.39 is 0 Å². The van der Waals surface area contributed by atoms with E-state index in [0.717, 1.165) is 18.1 Å². The quantitative estimate of drug-likeness (QED) is 0.801. The maximum absolute atomic E-state index is 4.64. The van der Waals surface area contributed by atoms with Gasteiger partial charge < -0.3 is 5.32 Å². The zero-order valence-electron chi connectivity index (χ0n) is 10.5. The van der Waals surface area contributed by atoms with Gasteiger partial charge in [-0.3, -0.25) is 4.99 Å². The molecule has 1 aliphatic rings. The van der Waals surface area contributed by atoms with Crippen molar-refractivity contribution in [3.8, 4) is 0 Å². The zero-order chi connectivity index (χ0) is 11.3. The minimum absolute atomic E-state index is 0.396. The van der Waals surface area contributed by atoms with Crippen LogP contribution in [0.1, 0.15) is 47.0 Å². The van der Waals surface area contributed by atoms with Gasteiger partial charge in [0.2, 0.25) is 0 Å². The Hall–Kier alpha value is -0.180. The van der Waals surface area contributed by atoms with Gasteiger partial charge >= 0.3 is 0 Å². The van der Waals surface area contributed by atoms with Crippen molar-refractivity contribution in [1.82, 2.24) is 5.32 Å². The van der Waals surface area contributed by atoms with Gasteiger partial charge in [-0.1, -0.05) is 39.5 Å². The molecule has 15 heavy (non-hydrogen) atoms. The molecule has 1 atom stereocenters. The molecular formula is C12H24N2S. The Bertz CT molecular complexity index is 218. The van der Waals surface area contributed by atoms with Gasteiger partial charge in [0.15, 0.2) is 5.17 Å². The summed E-state index contributed by atoms with van der Waals surface area (Å²) in [6.45, 7) is 9.99. The third kappa shape index (κ3) is 5.45. The Morgan fingerprint density at radius 1 is 1.47 bits per heavy atom. The molecule has 1 rings (SSSR count). The standard InChI is InChI=1S/C12H24N2S/c1-5-10-6-9-15-11(14-10)13-8-7-12(2,3)4/h10H,5-9H2,1-4H3,(H,13,14). The molecule has 1 heterocycles. The fraction of sp³-hybridized carbons (Fsp3) is 0.917. The number of aliphatic imine (C=N–C) groups is 1. The fourth-order valence-electron chi connectivity index (χ4n) is 1.48. The van der Waals surface area contributed by atoms with Crippen molar-refractivity contribution in [1.29, 1.82) is 0 Å². The third-order valence-corrected chi connectivity index (χ3v) is 3.60. The van der Waals surface area contributed by atoms with E-state index in [9.17, 15) is 0 Å². The van der Waals surface area contributed by atoms with Crippen LogP contribution in [0.5, 0.6) is 0 Å². The molecule has 0 radical (unpaired) electrons. The lowest BCUT2D eigenvalue weighted by molar-refractivity contribution is 0.385. The van der Waals surface area contributed by atoms with E-state index in [1.165, 1.54) is 18.6 Å². The Labute approximate surface area is 98.3 Å². The molecule has 1 unspecified atom stereocenters. The second-order valence-electron chi connectivity index (χ2n) is 5.38. The van der Waals surface area contributed by atoms with Crippen LogP contribution in [0.15, 0.2) is 4.99 Å². The molecule has 1 aliphatic heterocycles. The molecule has 0 aliphatic carbocycles. The first-order valence-electron chi connectivity index (χ1n) is 5.95. The minimum Gasteiger partial charge on any atom is -0.362 e. The largest absolute Gasteiger partial charge is 0.362 e. The number of nitrogens with one attached hydrogen (secondary N) is 1. The lowest BCUT2D eigenvalue weighted by Gasteiger charge is -2.24. The normalized spacial score (nSPS) is 25.3. The van der Waals surface area contributed by atoms with Crippen molar-refractivity contribution in [2.45, 2.75) is 53.0 Å². The van der Waals surface area contributed by atoms with Gasteiger partial charge in [-0.15, -0.1) is 0 Å². The predicted molar refractivity (Wildman–Crippen MR) is 70.7 cm³/mol. The highest BCUT2D eigenvalue weighted by Gasteiger charge is 2.15. The van der Waals surface area contributed by atoms with Crippen LogP contribution in [0.2, 0.25) is 0 Å². The monoisotopic (exact) mass is 228 g/mol. The van der Waals surface area contributed by atoms with Crippen LogP contribution in [-0.4, -0.2) is 23.5 Å². The third-order valence-electron chi connectivity index (χ3n) is 2.64. The van der Waals surface area contributed by atoms with Gasteiger partial charge in [-0.05, 0) is 24.7 Å². The number of amidine groups is 1. The van der Waals surface area contributed by atoms with E-state index in [0.29, 0.717) is 11.5 Å². The molecular weight excluding hydrogens is 204 g/mol. The summed E-state index contributed by atoms with van der Waals surface area (Å²) >= 11 is 1.87. The molecule has 0 aromatic rings. The first-order valence-corrected chi connectivity index (χ1v) is 6.93. The second-order valence-corrected chi connectivity index (χ2v) is 6.47. The van der Waals surface area contributed by atoms with E-state index in [-0.39, 0.29) is 0 Å². The summed E-state index contributed by atoms with van der Waals surface area (Å²) in [5.41, 5.74) is 0.396. The molecule has 0 saturated carbocycles. The lowest BCUT2D eigenvalue weighted by atomic mass is 9.93. The highest BCUT2D eigenvalue weighted by Crippen LogP contribution is 2.19. The van der Waals surface area contributed by atoms with E-state index in [4.69, 9.17) is 0 Å². The van der Waals surface area contributed by atoms with E-state index in [1.54, 1.807) is 0 Å². The van der Waals surface area contributed by atoms with Crippen molar-refractivity contribution < 1.29 is 0 Å². The summed E-state index contributed by atoms with van der Waals surface area (Å²) in [6.07, 6.45) is 3.65. The van der Waals surface area contributed by atoms with E-state index in [1.807, 2.05) is 11.8 Å². The van der Waals surface area contributed by atoms with Crippen LogP contribution in [0.25, 0.3) is 0 Å².